The van der Waals surface area contributed by atoms with E-state index < -0.39 is 27.7 Å². The number of benzene rings is 2. The van der Waals surface area contributed by atoms with Crippen molar-refractivity contribution in [1.82, 2.24) is 9.97 Å². The molecule has 0 atom stereocenters. The second kappa shape index (κ2) is 8.36. The Morgan fingerprint density at radius 1 is 0.906 bits per heavy atom. The first-order chi connectivity index (χ1) is 15.3. The minimum Gasteiger partial charge on any atom is -0.350 e. The van der Waals surface area contributed by atoms with Crippen LogP contribution in [0.1, 0.15) is 0 Å². The van der Waals surface area contributed by atoms with E-state index in [-0.39, 0.29) is 27.3 Å². The average molecular weight is 474 g/mol. The summed E-state index contributed by atoms with van der Waals surface area (Å²) >= 11 is 6.05. The highest BCUT2D eigenvalue weighted by Gasteiger charge is 2.39. The van der Waals surface area contributed by atoms with Gasteiger partial charge in [0.15, 0.2) is 0 Å². The van der Waals surface area contributed by atoms with Gasteiger partial charge in [0.2, 0.25) is 5.95 Å². The number of amides is 2. The summed E-state index contributed by atoms with van der Waals surface area (Å²) in [6.45, 7) is 0. The van der Waals surface area contributed by atoms with Crippen molar-refractivity contribution in [3.05, 3.63) is 83.5 Å². The number of rotatable bonds is 6. The van der Waals surface area contributed by atoms with Gasteiger partial charge >= 0.3 is 0 Å². The third-order valence-corrected chi connectivity index (χ3v) is 6.03. The van der Waals surface area contributed by atoms with Crippen molar-refractivity contribution >= 4 is 50.8 Å². The number of carbonyl (C=O) groups excluding carboxylic acids is 2. The van der Waals surface area contributed by atoms with Gasteiger partial charge in [-0.25, -0.2) is 32.4 Å². The van der Waals surface area contributed by atoms with Crippen LogP contribution in [0, 0.1) is 5.82 Å². The van der Waals surface area contributed by atoms with Crippen LogP contribution in [0.15, 0.2) is 82.6 Å². The highest BCUT2D eigenvalue weighted by molar-refractivity contribution is 7.92. The SMILES string of the molecule is O=C1C(Cl)=C(Nc2ccc(S(=O)(=O)Nc3ncccn3)cc2)C(=O)N1c1ccc(F)cc1. The van der Waals surface area contributed by atoms with Crippen LogP contribution in [0.3, 0.4) is 0 Å². The lowest BCUT2D eigenvalue weighted by Crippen LogP contribution is -2.32. The molecule has 2 amide bonds. The van der Waals surface area contributed by atoms with Crippen LogP contribution in [-0.4, -0.2) is 30.2 Å². The Morgan fingerprint density at radius 3 is 2.16 bits per heavy atom. The number of nitrogens with one attached hydrogen (secondary N) is 2. The van der Waals surface area contributed by atoms with Gasteiger partial charge in [0, 0.05) is 18.1 Å². The predicted molar refractivity (Wildman–Crippen MR) is 115 cm³/mol. The molecule has 12 heteroatoms. The summed E-state index contributed by atoms with van der Waals surface area (Å²) in [7, 11) is -3.94. The molecule has 0 saturated heterocycles. The molecule has 2 aromatic carbocycles. The van der Waals surface area contributed by atoms with Crippen LogP contribution in [0.25, 0.3) is 0 Å². The predicted octanol–water partition coefficient (Wildman–Crippen LogP) is 2.85. The molecule has 1 aliphatic heterocycles. The molecule has 32 heavy (non-hydrogen) atoms. The van der Waals surface area contributed by atoms with Gasteiger partial charge in [-0.2, -0.15) is 0 Å². The van der Waals surface area contributed by atoms with E-state index in [1.54, 1.807) is 6.07 Å². The van der Waals surface area contributed by atoms with Crippen molar-refractivity contribution in [2.45, 2.75) is 4.90 Å². The summed E-state index contributed by atoms with van der Waals surface area (Å²) in [5, 5.41) is 2.38. The minimum absolute atomic E-state index is 0.0719. The number of aromatic nitrogens is 2. The first-order valence-corrected chi connectivity index (χ1v) is 10.8. The fourth-order valence-electron chi connectivity index (χ4n) is 2.83. The van der Waals surface area contributed by atoms with Crippen LogP contribution >= 0.6 is 11.6 Å². The molecule has 1 aromatic heterocycles. The largest absolute Gasteiger partial charge is 0.350 e. The molecule has 2 heterocycles. The third-order valence-electron chi connectivity index (χ3n) is 4.34. The quantitative estimate of drug-likeness (QED) is 0.528. The Kier molecular flexibility index (Phi) is 5.59. The van der Waals surface area contributed by atoms with E-state index >= 15 is 0 Å². The number of halogens is 2. The lowest BCUT2D eigenvalue weighted by Gasteiger charge is -2.15. The van der Waals surface area contributed by atoms with Gasteiger partial charge in [0.1, 0.15) is 16.5 Å². The molecule has 0 saturated carbocycles. The molecule has 3 aromatic rings. The first-order valence-electron chi connectivity index (χ1n) is 8.97. The Morgan fingerprint density at radius 2 is 1.53 bits per heavy atom. The first kappa shape index (κ1) is 21.4. The van der Waals surface area contributed by atoms with Crippen molar-refractivity contribution in [2.75, 3.05) is 14.9 Å². The van der Waals surface area contributed by atoms with E-state index in [0.717, 1.165) is 17.0 Å². The van der Waals surface area contributed by atoms with Crippen molar-refractivity contribution in [3.63, 3.8) is 0 Å². The van der Waals surface area contributed by atoms with Crippen LogP contribution in [0.2, 0.25) is 0 Å². The number of sulfonamides is 1. The Balaban J connectivity index is 1.52. The van der Waals surface area contributed by atoms with Crippen LogP contribution < -0.4 is 14.9 Å². The second-order valence-electron chi connectivity index (χ2n) is 6.44. The van der Waals surface area contributed by atoms with Crippen molar-refractivity contribution in [2.24, 2.45) is 0 Å². The zero-order valence-corrected chi connectivity index (χ0v) is 17.6. The topological polar surface area (TPSA) is 121 Å². The summed E-state index contributed by atoms with van der Waals surface area (Å²) in [4.78, 5) is 33.5. The average Bonchev–Trinajstić information content (AvgIpc) is 2.98. The van der Waals surface area contributed by atoms with Crippen molar-refractivity contribution in [1.29, 1.82) is 0 Å². The number of imide groups is 1. The van der Waals surface area contributed by atoms with E-state index in [1.165, 1.54) is 48.8 Å². The molecule has 0 spiro atoms. The molecular weight excluding hydrogens is 461 g/mol. The molecule has 0 aliphatic carbocycles. The zero-order valence-electron chi connectivity index (χ0n) is 16.0. The second-order valence-corrected chi connectivity index (χ2v) is 8.50. The molecule has 0 unspecified atom stereocenters. The number of anilines is 3. The maximum absolute atomic E-state index is 13.2. The molecule has 9 nitrogen and oxygen atoms in total. The van der Waals surface area contributed by atoms with Crippen LogP contribution in [0.4, 0.5) is 21.7 Å². The highest BCUT2D eigenvalue weighted by atomic mass is 35.5. The van der Waals surface area contributed by atoms with Gasteiger partial charge < -0.3 is 5.32 Å². The highest BCUT2D eigenvalue weighted by Crippen LogP contribution is 2.30. The summed E-state index contributed by atoms with van der Waals surface area (Å²) in [6, 6.07) is 11.7. The third kappa shape index (κ3) is 4.15. The molecule has 2 N–H and O–H groups in total. The monoisotopic (exact) mass is 473 g/mol. The maximum Gasteiger partial charge on any atom is 0.283 e. The standard InChI is InChI=1S/C20H13ClFN5O4S/c21-16-17(19(29)27(18(16)28)14-6-2-12(22)3-7-14)25-13-4-8-15(9-5-13)32(30,31)26-20-23-10-1-11-24-20/h1-11,25H,(H,23,24,26). The van der Waals surface area contributed by atoms with Crippen molar-refractivity contribution in [3.8, 4) is 0 Å². The Bertz CT molecular complexity index is 1330. The molecule has 0 fully saturated rings. The summed E-state index contributed by atoms with van der Waals surface area (Å²) in [5.41, 5.74) is 0.287. The lowest BCUT2D eigenvalue weighted by molar-refractivity contribution is -0.120. The normalized spacial score (nSPS) is 14.1. The molecule has 0 radical (unpaired) electrons. The zero-order chi connectivity index (χ0) is 22.9. The minimum atomic E-state index is -3.94. The fourth-order valence-corrected chi connectivity index (χ4v) is 4.00. The van der Waals surface area contributed by atoms with E-state index in [2.05, 4.69) is 20.0 Å². The lowest BCUT2D eigenvalue weighted by atomic mass is 10.3. The smallest absolute Gasteiger partial charge is 0.283 e. The molecule has 0 bridgehead atoms. The van der Waals surface area contributed by atoms with Gasteiger partial charge in [-0.1, -0.05) is 11.6 Å². The number of carbonyl (C=O) groups is 2. The van der Waals surface area contributed by atoms with E-state index in [0.29, 0.717) is 5.69 Å². The summed E-state index contributed by atoms with van der Waals surface area (Å²) < 4.78 is 40.3. The number of nitrogens with zero attached hydrogens (tertiary/aromatic N) is 3. The van der Waals surface area contributed by atoms with E-state index in [1.807, 2.05) is 0 Å². The van der Waals surface area contributed by atoms with Crippen LogP contribution in [-0.2, 0) is 19.6 Å². The van der Waals surface area contributed by atoms with Gasteiger partial charge in [0.25, 0.3) is 21.8 Å². The number of hydrogen-bond donors (Lipinski definition) is 2. The Hall–Kier alpha value is -3.83. The number of hydrogen-bond acceptors (Lipinski definition) is 7. The van der Waals surface area contributed by atoms with E-state index in [9.17, 15) is 22.4 Å². The summed E-state index contributed by atoms with van der Waals surface area (Å²) in [6.07, 6.45) is 2.79. The molecular formula is C20H13ClFN5O4S. The van der Waals surface area contributed by atoms with Crippen molar-refractivity contribution < 1.29 is 22.4 Å². The fraction of sp³-hybridized carbons (Fsp3) is 0. The summed E-state index contributed by atoms with van der Waals surface area (Å²) in [5.74, 6) is -2.10. The van der Waals surface area contributed by atoms with Gasteiger partial charge in [0.05, 0.1) is 10.6 Å². The maximum atomic E-state index is 13.2. The molecule has 1 aliphatic rings. The van der Waals surface area contributed by atoms with Gasteiger partial charge in [-0.15, -0.1) is 0 Å². The van der Waals surface area contributed by atoms with E-state index in [4.69, 9.17) is 11.6 Å². The molecule has 4 rings (SSSR count). The molecule has 162 valence electrons. The Labute approximate surface area is 186 Å². The van der Waals surface area contributed by atoms with Gasteiger partial charge in [-0.05, 0) is 54.6 Å². The van der Waals surface area contributed by atoms with Gasteiger partial charge in [-0.3, -0.25) is 9.59 Å². The van der Waals surface area contributed by atoms with Crippen LogP contribution in [0.5, 0.6) is 0 Å².